The second-order valence-corrected chi connectivity index (χ2v) is 5.61. The van der Waals surface area contributed by atoms with E-state index in [-0.39, 0.29) is 6.54 Å². The van der Waals surface area contributed by atoms with Crippen molar-refractivity contribution >= 4 is 11.9 Å². The Morgan fingerprint density at radius 2 is 2.13 bits per heavy atom. The van der Waals surface area contributed by atoms with Crippen LogP contribution in [-0.4, -0.2) is 54.2 Å². The highest BCUT2D eigenvalue weighted by atomic mass is 16.5. The predicted octanol–water partition coefficient (Wildman–Crippen LogP) is 0.469. The fourth-order valence-electron chi connectivity index (χ4n) is 2.57. The molecule has 6 nitrogen and oxygen atoms in total. The molecule has 124 valence electrons. The van der Waals surface area contributed by atoms with Gasteiger partial charge in [-0.05, 0) is 12.0 Å². The first-order chi connectivity index (χ1) is 11.0. The lowest BCUT2D eigenvalue weighted by Crippen LogP contribution is -2.48. The Morgan fingerprint density at radius 1 is 1.39 bits per heavy atom. The minimum Gasteiger partial charge on any atom is -0.466 e. The Hall–Kier alpha value is -2.18. The van der Waals surface area contributed by atoms with Crippen LogP contribution in [0.15, 0.2) is 42.5 Å². The lowest BCUT2D eigenvalue weighted by atomic mass is 10.0. The zero-order chi connectivity index (χ0) is 16.7. The number of β-amino-alcohol motifs (C(OH)–C–C–N with tert-alkyl or cyclic N) is 1. The zero-order valence-corrected chi connectivity index (χ0v) is 13.2. The van der Waals surface area contributed by atoms with E-state index in [4.69, 9.17) is 0 Å². The molecule has 2 N–H and O–H groups in total. The van der Waals surface area contributed by atoms with Gasteiger partial charge in [-0.2, -0.15) is 0 Å². The third-order valence-corrected chi connectivity index (χ3v) is 3.83. The van der Waals surface area contributed by atoms with Gasteiger partial charge in [-0.25, -0.2) is 4.79 Å². The van der Waals surface area contributed by atoms with Gasteiger partial charge in [-0.15, -0.1) is 0 Å². The summed E-state index contributed by atoms with van der Waals surface area (Å²) in [5.41, 5.74) is -0.230. The summed E-state index contributed by atoms with van der Waals surface area (Å²) >= 11 is 0. The van der Waals surface area contributed by atoms with Gasteiger partial charge < -0.3 is 15.2 Å². The van der Waals surface area contributed by atoms with Gasteiger partial charge in [0.1, 0.15) is 0 Å². The molecule has 1 atom stereocenters. The number of hydrogen-bond donors (Lipinski definition) is 2. The van der Waals surface area contributed by atoms with Crippen molar-refractivity contribution in [1.29, 1.82) is 0 Å². The van der Waals surface area contributed by atoms with E-state index in [1.807, 2.05) is 30.3 Å². The third kappa shape index (κ3) is 4.91. The summed E-state index contributed by atoms with van der Waals surface area (Å²) in [6.07, 6.45) is 3.12. The highest BCUT2D eigenvalue weighted by molar-refractivity contribution is 5.86. The highest BCUT2D eigenvalue weighted by Gasteiger charge is 2.42. The maximum absolute atomic E-state index is 12.1. The van der Waals surface area contributed by atoms with Crippen molar-refractivity contribution in [2.75, 3.05) is 26.7 Å². The Kier molecular flexibility index (Phi) is 5.90. The Balaban J connectivity index is 1.81. The van der Waals surface area contributed by atoms with Crippen molar-refractivity contribution in [2.45, 2.75) is 18.6 Å². The number of benzene rings is 1. The Morgan fingerprint density at radius 3 is 2.83 bits per heavy atom. The number of nitrogens with one attached hydrogen (secondary N) is 1. The molecule has 2 rings (SSSR count). The first kappa shape index (κ1) is 17.2. The summed E-state index contributed by atoms with van der Waals surface area (Å²) in [4.78, 5) is 25.1. The van der Waals surface area contributed by atoms with Crippen LogP contribution < -0.4 is 5.32 Å². The van der Waals surface area contributed by atoms with Crippen LogP contribution in [0.3, 0.4) is 0 Å². The van der Waals surface area contributed by atoms with Gasteiger partial charge in [0.05, 0.1) is 7.11 Å². The molecule has 1 heterocycles. The fraction of sp³-hybridized carbons (Fsp3) is 0.412. The summed E-state index contributed by atoms with van der Waals surface area (Å²) in [7, 11) is 1.29. The van der Waals surface area contributed by atoms with Gasteiger partial charge in [0.15, 0.2) is 5.60 Å². The lowest BCUT2D eigenvalue weighted by Gasteiger charge is -2.22. The standard InChI is InChI=1S/C17H22N2O4/c1-23-15(20)8-5-10-18-16(21)17(22)9-11-19(13-17)12-14-6-3-2-4-7-14/h2-8,22H,9-13H2,1H3,(H,18,21)/b8-5+. The van der Waals surface area contributed by atoms with Crippen LogP contribution in [-0.2, 0) is 20.9 Å². The van der Waals surface area contributed by atoms with Crippen LogP contribution in [0.1, 0.15) is 12.0 Å². The monoisotopic (exact) mass is 318 g/mol. The van der Waals surface area contributed by atoms with Crippen molar-refractivity contribution < 1.29 is 19.4 Å². The van der Waals surface area contributed by atoms with Gasteiger partial charge in [-0.1, -0.05) is 36.4 Å². The summed E-state index contributed by atoms with van der Waals surface area (Å²) in [6.45, 7) is 1.85. The highest BCUT2D eigenvalue weighted by Crippen LogP contribution is 2.23. The van der Waals surface area contributed by atoms with Gasteiger partial charge in [-0.3, -0.25) is 9.69 Å². The molecule has 1 aliphatic heterocycles. The fourth-order valence-corrected chi connectivity index (χ4v) is 2.57. The van der Waals surface area contributed by atoms with E-state index >= 15 is 0 Å². The number of nitrogens with zero attached hydrogens (tertiary/aromatic N) is 1. The summed E-state index contributed by atoms with van der Waals surface area (Å²) < 4.78 is 4.45. The van der Waals surface area contributed by atoms with Crippen LogP contribution in [0.5, 0.6) is 0 Å². The van der Waals surface area contributed by atoms with Crippen LogP contribution in [0, 0.1) is 0 Å². The first-order valence-corrected chi connectivity index (χ1v) is 7.55. The van der Waals surface area contributed by atoms with Crippen molar-refractivity contribution in [2.24, 2.45) is 0 Å². The molecule has 23 heavy (non-hydrogen) atoms. The smallest absolute Gasteiger partial charge is 0.330 e. The predicted molar refractivity (Wildman–Crippen MR) is 85.5 cm³/mol. The zero-order valence-electron chi connectivity index (χ0n) is 13.2. The van der Waals surface area contributed by atoms with E-state index in [0.717, 1.165) is 5.56 Å². The van der Waals surface area contributed by atoms with Gasteiger partial charge in [0.25, 0.3) is 5.91 Å². The van der Waals surface area contributed by atoms with Crippen molar-refractivity contribution in [1.82, 2.24) is 10.2 Å². The number of ether oxygens (including phenoxy) is 1. The minimum absolute atomic E-state index is 0.176. The van der Waals surface area contributed by atoms with E-state index in [2.05, 4.69) is 15.0 Å². The molecule has 1 fully saturated rings. The summed E-state index contributed by atoms with van der Waals surface area (Å²) in [5.74, 6) is -0.893. The second-order valence-electron chi connectivity index (χ2n) is 5.61. The lowest BCUT2D eigenvalue weighted by molar-refractivity contribution is -0.138. The number of rotatable bonds is 6. The molecule has 1 amide bonds. The normalized spacial score (nSPS) is 21.5. The second kappa shape index (κ2) is 7.89. The number of aliphatic hydroxyl groups is 1. The van der Waals surface area contributed by atoms with E-state index in [1.165, 1.54) is 19.3 Å². The molecule has 0 saturated carbocycles. The molecule has 0 aromatic heterocycles. The van der Waals surface area contributed by atoms with Gasteiger partial charge in [0.2, 0.25) is 0 Å². The van der Waals surface area contributed by atoms with Crippen LogP contribution in [0.2, 0.25) is 0 Å². The topological polar surface area (TPSA) is 78.9 Å². The average Bonchev–Trinajstić information content (AvgIpc) is 2.94. The van der Waals surface area contributed by atoms with Crippen LogP contribution in [0.25, 0.3) is 0 Å². The van der Waals surface area contributed by atoms with E-state index < -0.39 is 17.5 Å². The summed E-state index contributed by atoms with van der Waals surface area (Å²) in [5, 5.41) is 13.1. The molecule has 1 aromatic rings. The molecular weight excluding hydrogens is 296 g/mol. The molecular formula is C17H22N2O4. The van der Waals surface area contributed by atoms with Crippen molar-refractivity contribution in [3.8, 4) is 0 Å². The number of esters is 1. The molecule has 0 bridgehead atoms. The van der Waals surface area contributed by atoms with E-state index in [9.17, 15) is 14.7 Å². The minimum atomic E-state index is -1.38. The number of amides is 1. The molecule has 0 aliphatic carbocycles. The van der Waals surface area contributed by atoms with E-state index in [1.54, 1.807) is 0 Å². The van der Waals surface area contributed by atoms with E-state index in [0.29, 0.717) is 26.1 Å². The van der Waals surface area contributed by atoms with Crippen molar-refractivity contribution in [3.05, 3.63) is 48.0 Å². The molecule has 6 heteroatoms. The molecule has 1 aliphatic rings. The first-order valence-electron chi connectivity index (χ1n) is 7.55. The number of carbonyl (C=O) groups is 2. The SMILES string of the molecule is COC(=O)/C=C/CNC(=O)C1(O)CCN(Cc2ccccc2)C1. The number of hydrogen-bond acceptors (Lipinski definition) is 5. The Bertz CT molecular complexity index is 573. The molecule has 1 saturated heterocycles. The van der Waals surface area contributed by atoms with Crippen molar-refractivity contribution in [3.63, 3.8) is 0 Å². The van der Waals surface area contributed by atoms with Gasteiger partial charge in [0, 0.05) is 32.3 Å². The molecule has 0 radical (unpaired) electrons. The maximum atomic E-state index is 12.1. The maximum Gasteiger partial charge on any atom is 0.330 e. The molecule has 1 unspecified atom stereocenters. The average molecular weight is 318 g/mol. The quantitative estimate of drug-likeness (QED) is 0.589. The molecule has 0 spiro atoms. The molecule has 1 aromatic carbocycles. The summed E-state index contributed by atoms with van der Waals surface area (Å²) in [6, 6.07) is 9.94. The third-order valence-electron chi connectivity index (χ3n) is 3.83. The van der Waals surface area contributed by atoms with Crippen LogP contribution >= 0.6 is 0 Å². The number of carbonyl (C=O) groups excluding carboxylic acids is 2. The van der Waals surface area contributed by atoms with Gasteiger partial charge >= 0.3 is 5.97 Å². The van der Waals surface area contributed by atoms with Crippen LogP contribution in [0.4, 0.5) is 0 Å². The number of likely N-dealkylation sites (tertiary alicyclic amines) is 1. The Labute approximate surface area is 135 Å². The number of methoxy groups -OCH3 is 1. The largest absolute Gasteiger partial charge is 0.466 e.